The van der Waals surface area contributed by atoms with Crippen LogP contribution in [-0.2, 0) is 6.54 Å². The normalized spacial score (nSPS) is 12.3. The van der Waals surface area contributed by atoms with Crippen molar-refractivity contribution in [2.75, 3.05) is 6.61 Å². The number of nitrogens with zero attached hydrogens (tertiary/aromatic N) is 1. The van der Waals surface area contributed by atoms with Gasteiger partial charge in [0.1, 0.15) is 5.75 Å². The Morgan fingerprint density at radius 1 is 1.33 bits per heavy atom. The van der Waals surface area contributed by atoms with Crippen LogP contribution in [0, 0.1) is 0 Å². The van der Waals surface area contributed by atoms with Crippen molar-refractivity contribution in [1.82, 2.24) is 15.5 Å². The second kappa shape index (κ2) is 6.21. The van der Waals surface area contributed by atoms with E-state index < -0.39 is 0 Å². The van der Waals surface area contributed by atoms with Gasteiger partial charge in [0.2, 0.25) is 0 Å². The molecule has 0 aliphatic rings. The van der Waals surface area contributed by atoms with Crippen molar-refractivity contribution in [3.05, 3.63) is 47.8 Å². The molecule has 0 bridgehead atoms. The number of benzene rings is 1. The summed E-state index contributed by atoms with van der Waals surface area (Å²) in [5.41, 5.74) is 2.41. The Morgan fingerprint density at radius 2 is 2.11 bits per heavy atom. The monoisotopic (exact) mass is 245 g/mol. The highest BCUT2D eigenvalue weighted by Gasteiger charge is 2.05. The van der Waals surface area contributed by atoms with Gasteiger partial charge in [-0.15, -0.1) is 0 Å². The van der Waals surface area contributed by atoms with Crippen molar-refractivity contribution < 1.29 is 4.74 Å². The van der Waals surface area contributed by atoms with Gasteiger partial charge in [0, 0.05) is 24.3 Å². The van der Waals surface area contributed by atoms with E-state index in [1.807, 2.05) is 31.5 Å². The number of H-pyrrole nitrogens is 1. The molecule has 1 aromatic heterocycles. The largest absolute Gasteiger partial charge is 0.494 e. The van der Waals surface area contributed by atoms with E-state index in [1.165, 1.54) is 11.1 Å². The second-order valence-electron chi connectivity index (χ2n) is 4.21. The summed E-state index contributed by atoms with van der Waals surface area (Å²) in [5.74, 6) is 0.920. The van der Waals surface area contributed by atoms with Gasteiger partial charge in [-0.2, -0.15) is 5.10 Å². The molecule has 0 saturated carbocycles. The summed E-state index contributed by atoms with van der Waals surface area (Å²) in [6, 6.07) is 8.46. The van der Waals surface area contributed by atoms with Gasteiger partial charge in [-0.1, -0.05) is 12.1 Å². The maximum absolute atomic E-state index is 5.41. The number of ether oxygens (including phenoxy) is 1. The first-order valence-electron chi connectivity index (χ1n) is 6.23. The Bertz CT molecular complexity index is 450. The highest BCUT2D eigenvalue weighted by molar-refractivity contribution is 5.27. The molecule has 0 spiro atoms. The van der Waals surface area contributed by atoms with Crippen LogP contribution in [0.1, 0.15) is 31.0 Å². The quantitative estimate of drug-likeness (QED) is 0.822. The maximum atomic E-state index is 5.41. The van der Waals surface area contributed by atoms with E-state index in [-0.39, 0.29) is 6.04 Å². The molecule has 1 atom stereocenters. The van der Waals surface area contributed by atoms with Crippen LogP contribution in [-0.4, -0.2) is 16.8 Å². The predicted octanol–water partition coefficient (Wildman–Crippen LogP) is 2.66. The topological polar surface area (TPSA) is 49.9 Å². The van der Waals surface area contributed by atoms with Crippen molar-refractivity contribution in [2.24, 2.45) is 0 Å². The van der Waals surface area contributed by atoms with E-state index in [0.29, 0.717) is 6.61 Å². The molecule has 1 unspecified atom stereocenters. The van der Waals surface area contributed by atoms with Crippen LogP contribution >= 0.6 is 0 Å². The Kier molecular flexibility index (Phi) is 4.36. The Balaban J connectivity index is 1.86. The van der Waals surface area contributed by atoms with E-state index in [9.17, 15) is 0 Å². The molecule has 0 aliphatic carbocycles. The number of hydrogen-bond donors (Lipinski definition) is 2. The summed E-state index contributed by atoms with van der Waals surface area (Å²) in [4.78, 5) is 0. The van der Waals surface area contributed by atoms with Gasteiger partial charge in [-0.05, 0) is 31.5 Å². The SMILES string of the molecule is CCOc1ccc(CNC(C)c2cn[nH]c2)cc1. The van der Waals surface area contributed by atoms with Crippen molar-refractivity contribution in [2.45, 2.75) is 26.4 Å². The van der Waals surface area contributed by atoms with Crippen LogP contribution in [0.15, 0.2) is 36.7 Å². The molecule has 0 radical (unpaired) electrons. The van der Waals surface area contributed by atoms with E-state index in [2.05, 4.69) is 34.6 Å². The molecule has 1 aromatic carbocycles. The first-order chi connectivity index (χ1) is 8.79. The van der Waals surface area contributed by atoms with Crippen molar-refractivity contribution in [3.8, 4) is 5.75 Å². The molecule has 2 rings (SSSR count). The molecule has 0 fully saturated rings. The summed E-state index contributed by atoms with van der Waals surface area (Å²) in [5, 5.41) is 10.2. The number of rotatable bonds is 6. The Hall–Kier alpha value is -1.81. The van der Waals surface area contributed by atoms with Gasteiger partial charge in [-0.25, -0.2) is 0 Å². The third-order valence-electron chi connectivity index (χ3n) is 2.87. The van der Waals surface area contributed by atoms with Crippen LogP contribution in [0.25, 0.3) is 0 Å². The van der Waals surface area contributed by atoms with Crippen LogP contribution in [0.3, 0.4) is 0 Å². The fourth-order valence-corrected chi connectivity index (χ4v) is 1.76. The summed E-state index contributed by atoms with van der Waals surface area (Å²) < 4.78 is 5.41. The molecule has 0 amide bonds. The van der Waals surface area contributed by atoms with E-state index in [1.54, 1.807) is 0 Å². The van der Waals surface area contributed by atoms with Crippen molar-refractivity contribution >= 4 is 0 Å². The molecule has 1 heterocycles. The Labute approximate surface area is 107 Å². The van der Waals surface area contributed by atoms with Gasteiger partial charge in [0.15, 0.2) is 0 Å². The molecule has 4 heteroatoms. The molecule has 0 saturated heterocycles. The third-order valence-corrected chi connectivity index (χ3v) is 2.87. The zero-order valence-electron chi connectivity index (χ0n) is 10.8. The van der Waals surface area contributed by atoms with Crippen LogP contribution in [0.2, 0.25) is 0 Å². The van der Waals surface area contributed by atoms with Gasteiger partial charge in [0.05, 0.1) is 12.8 Å². The lowest BCUT2D eigenvalue weighted by molar-refractivity contribution is 0.340. The minimum Gasteiger partial charge on any atom is -0.494 e. The fraction of sp³-hybridized carbons (Fsp3) is 0.357. The van der Waals surface area contributed by atoms with E-state index >= 15 is 0 Å². The zero-order valence-corrected chi connectivity index (χ0v) is 10.8. The molecule has 2 aromatic rings. The van der Waals surface area contributed by atoms with E-state index in [0.717, 1.165) is 12.3 Å². The van der Waals surface area contributed by atoms with E-state index in [4.69, 9.17) is 4.74 Å². The summed E-state index contributed by atoms with van der Waals surface area (Å²) in [6.45, 7) is 5.65. The first kappa shape index (κ1) is 12.6. The Morgan fingerprint density at radius 3 is 2.72 bits per heavy atom. The predicted molar refractivity (Wildman–Crippen MR) is 71.5 cm³/mol. The average Bonchev–Trinajstić information content (AvgIpc) is 2.92. The third kappa shape index (κ3) is 3.34. The van der Waals surface area contributed by atoms with Crippen LogP contribution < -0.4 is 10.1 Å². The van der Waals surface area contributed by atoms with Crippen molar-refractivity contribution in [1.29, 1.82) is 0 Å². The van der Waals surface area contributed by atoms with Crippen LogP contribution in [0.4, 0.5) is 0 Å². The lowest BCUT2D eigenvalue weighted by atomic mass is 10.1. The van der Waals surface area contributed by atoms with Crippen molar-refractivity contribution in [3.63, 3.8) is 0 Å². The van der Waals surface area contributed by atoms with Gasteiger partial charge in [-0.3, -0.25) is 5.10 Å². The average molecular weight is 245 g/mol. The summed E-state index contributed by atoms with van der Waals surface area (Å²) in [6.07, 6.45) is 3.76. The molecule has 96 valence electrons. The number of aromatic nitrogens is 2. The molecular weight excluding hydrogens is 226 g/mol. The summed E-state index contributed by atoms with van der Waals surface area (Å²) >= 11 is 0. The zero-order chi connectivity index (χ0) is 12.8. The molecule has 18 heavy (non-hydrogen) atoms. The van der Waals surface area contributed by atoms with Gasteiger partial charge < -0.3 is 10.1 Å². The second-order valence-corrected chi connectivity index (χ2v) is 4.21. The highest BCUT2D eigenvalue weighted by Crippen LogP contribution is 2.14. The molecular formula is C14H19N3O. The number of hydrogen-bond acceptors (Lipinski definition) is 3. The standard InChI is InChI=1S/C14H19N3O/c1-3-18-14-6-4-12(5-7-14)8-15-11(2)13-9-16-17-10-13/h4-7,9-11,15H,3,8H2,1-2H3,(H,16,17). The van der Waals surface area contributed by atoms with Gasteiger partial charge in [0.25, 0.3) is 0 Å². The lowest BCUT2D eigenvalue weighted by Crippen LogP contribution is -2.17. The number of nitrogens with one attached hydrogen (secondary N) is 2. The fourth-order valence-electron chi connectivity index (χ4n) is 1.76. The molecule has 4 nitrogen and oxygen atoms in total. The van der Waals surface area contributed by atoms with Gasteiger partial charge >= 0.3 is 0 Å². The molecule has 0 aliphatic heterocycles. The maximum Gasteiger partial charge on any atom is 0.119 e. The minimum absolute atomic E-state index is 0.287. The molecule has 2 N–H and O–H groups in total. The summed E-state index contributed by atoms with van der Waals surface area (Å²) in [7, 11) is 0. The smallest absolute Gasteiger partial charge is 0.119 e. The lowest BCUT2D eigenvalue weighted by Gasteiger charge is -2.12. The van der Waals surface area contributed by atoms with Crippen LogP contribution in [0.5, 0.6) is 5.75 Å². The first-order valence-corrected chi connectivity index (χ1v) is 6.23. The highest BCUT2D eigenvalue weighted by atomic mass is 16.5. The number of aromatic amines is 1. The minimum atomic E-state index is 0.287.